The van der Waals surface area contributed by atoms with Gasteiger partial charge in [0.15, 0.2) is 0 Å². The third-order valence-corrected chi connectivity index (χ3v) is 5.41. The van der Waals surface area contributed by atoms with Crippen molar-refractivity contribution in [2.45, 2.75) is 17.9 Å². The fourth-order valence-electron chi connectivity index (χ4n) is 2.02. The van der Waals surface area contributed by atoms with Crippen LogP contribution in [-0.4, -0.2) is 19.8 Å². The monoisotopic (exact) mass is 290 g/mol. The maximum Gasteiger partial charge on any atom is 0.245 e. The van der Waals surface area contributed by atoms with Crippen molar-refractivity contribution in [1.82, 2.24) is 4.31 Å². The predicted molar refractivity (Wildman–Crippen MR) is 80.7 cm³/mol. The summed E-state index contributed by atoms with van der Waals surface area (Å²) < 4.78 is 26.6. The molecule has 0 amide bonds. The first-order valence-electron chi connectivity index (χ1n) is 6.32. The zero-order chi connectivity index (χ0) is 14.8. The summed E-state index contributed by atoms with van der Waals surface area (Å²) in [4.78, 5) is 0.144. The largest absolute Gasteiger partial charge is 0.398 e. The van der Waals surface area contributed by atoms with Crippen molar-refractivity contribution in [2.75, 3.05) is 12.8 Å². The SMILES string of the molecule is CC(c1ccccc1)N(C)S(=O)(=O)c1ccccc1N. The molecule has 0 fully saturated rings. The topological polar surface area (TPSA) is 63.4 Å². The van der Waals surface area contributed by atoms with Crippen LogP contribution in [0.15, 0.2) is 59.5 Å². The molecule has 20 heavy (non-hydrogen) atoms. The highest BCUT2D eigenvalue weighted by Crippen LogP contribution is 2.28. The molecular formula is C15H18N2O2S. The molecule has 2 aromatic rings. The van der Waals surface area contributed by atoms with Gasteiger partial charge in [0, 0.05) is 13.1 Å². The van der Waals surface area contributed by atoms with E-state index < -0.39 is 10.0 Å². The van der Waals surface area contributed by atoms with E-state index in [0.29, 0.717) is 0 Å². The van der Waals surface area contributed by atoms with E-state index >= 15 is 0 Å². The molecule has 0 radical (unpaired) electrons. The van der Waals surface area contributed by atoms with E-state index in [1.165, 1.54) is 10.4 Å². The van der Waals surface area contributed by atoms with Crippen LogP contribution in [0.4, 0.5) is 5.69 Å². The van der Waals surface area contributed by atoms with Gasteiger partial charge in [-0.3, -0.25) is 0 Å². The lowest BCUT2D eigenvalue weighted by atomic mass is 10.1. The van der Waals surface area contributed by atoms with Crippen molar-refractivity contribution < 1.29 is 8.42 Å². The summed E-state index contributed by atoms with van der Waals surface area (Å²) in [5.41, 5.74) is 6.98. The number of rotatable bonds is 4. The van der Waals surface area contributed by atoms with Gasteiger partial charge in [0.2, 0.25) is 10.0 Å². The molecule has 0 aromatic heterocycles. The van der Waals surface area contributed by atoms with Crippen molar-refractivity contribution in [2.24, 2.45) is 0 Å². The maximum atomic E-state index is 12.6. The normalized spacial score (nSPS) is 13.3. The number of hydrogen-bond acceptors (Lipinski definition) is 3. The summed E-state index contributed by atoms with van der Waals surface area (Å²) in [5.74, 6) is 0. The number of nitrogen functional groups attached to an aromatic ring is 1. The summed E-state index contributed by atoms with van der Waals surface area (Å²) >= 11 is 0. The maximum absolute atomic E-state index is 12.6. The van der Waals surface area contributed by atoms with Crippen LogP contribution in [0.2, 0.25) is 0 Å². The quantitative estimate of drug-likeness (QED) is 0.880. The fraction of sp³-hybridized carbons (Fsp3) is 0.200. The van der Waals surface area contributed by atoms with E-state index in [0.717, 1.165) is 5.56 Å². The molecule has 0 aliphatic heterocycles. The van der Waals surface area contributed by atoms with E-state index in [4.69, 9.17) is 5.73 Å². The van der Waals surface area contributed by atoms with Crippen LogP contribution in [0, 0.1) is 0 Å². The van der Waals surface area contributed by atoms with Crippen molar-refractivity contribution in [1.29, 1.82) is 0 Å². The summed E-state index contributed by atoms with van der Waals surface area (Å²) in [5, 5.41) is 0. The fourth-order valence-corrected chi connectivity index (χ4v) is 3.48. The average Bonchev–Trinajstić information content (AvgIpc) is 2.47. The molecule has 0 aliphatic carbocycles. The molecule has 0 spiro atoms. The number of hydrogen-bond donors (Lipinski definition) is 1. The van der Waals surface area contributed by atoms with Crippen LogP contribution in [0.25, 0.3) is 0 Å². The third kappa shape index (κ3) is 2.69. The van der Waals surface area contributed by atoms with Gasteiger partial charge in [-0.05, 0) is 24.6 Å². The van der Waals surface area contributed by atoms with E-state index in [9.17, 15) is 8.42 Å². The lowest BCUT2D eigenvalue weighted by Gasteiger charge is -2.25. The average molecular weight is 290 g/mol. The Kier molecular flexibility index (Phi) is 4.11. The predicted octanol–water partition coefficient (Wildman–Crippen LogP) is 2.65. The van der Waals surface area contributed by atoms with Gasteiger partial charge < -0.3 is 5.73 Å². The molecule has 106 valence electrons. The highest BCUT2D eigenvalue weighted by molar-refractivity contribution is 7.89. The second-order valence-corrected chi connectivity index (χ2v) is 6.61. The van der Waals surface area contributed by atoms with Gasteiger partial charge in [-0.1, -0.05) is 42.5 Å². The second-order valence-electron chi connectivity index (χ2n) is 4.65. The lowest BCUT2D eigenvalue weighted by Crippen LogP contribution is -2.30. The number of para-hydroxylation sites is 1. The Bertz CT molecular complexity index is 684. The Morgan fingerprint density at radius 1 is 1.00 bits per heavy atom. The number of anilines is 1. The Hall–Kier alpha value is -1.85. The van der Waals surface area contributed by atoms with Crippen LogP contribution in [0.1, 0.15) is 18.5 Å². The summed E-state index contributed by atoms with van der Waals surface area (Å²) in [6.07, 6.45) is 0. The van der Waals surface area contributed by atoms with Gasteiger partial charge >= 0.3 is 0 Å². The highest BCUT2D eigenvalue weighted by Gasteiger charge is 2.27. The molecule has 0 bridgehead atoms. The van der Waals surface area contributed by atoms with Gasteiger partial charge in [-0.2, -0.15) is 4.31 Å². The molecule has 1 atom stereocenters. The van der Waals surface area contributed by atoms with Crippen molar-refractivity contribution in [3.05, 3.63) is 60.2 Å². The van der Waals surface area contributed by atoms with Crippen LogP contribution in [-0.2, 0) is 10.0 Å². The zero-order valence-corrected chi connectivity index (χ0v) is 12.3. The van der Waals surface area contributed by atoms with E-state index in [1.807, 2.05) is 37.3 Å². The van der Waals surface area contributed by atoms with Crippen LogP contribution < -0.4 is 5.73 Å². The molecule has 4 nitrogen and oxygen atoms in total. The highest BCUT2D eigenvalue weighted by atomic mass is 32.2. The number of benzene rings is 2. The molecular weight excluding hydrogens is 272 g/mol. The minimum atomic E-state index is -3.61. The molecule has 0 saturated heterocycles. The Balaban J connectivity index is 2.38. The first-order chi connectivity index (χ1) is 9.44. The smallest absolute Gasteiger partial charge is 0.245 e. The zero-order valence-electron chi connectivity index (χ0n) is 11.5. The van der Waals surface area contributed by atoms with Crippen molar-refractivity contribution in [3.63, 3.8) is 0 Å². The minimum Gasteiger partial charge on any atom is -0.398 e. The van der Waals surface area contributed by atoms with E-state index in [2.05, 4.69) is 0 Å². The van der Waals surface area contributed by atoms with Gasteiger partial charge in [0.1, 0.15) is 4.90 Å². The van der Waals surface area contributed by atoms with Gasteiger partial charge in [0.25, 0.3) is 0 Å². The van der Waals surface area contributed by atoms with Gasteiger partial charge in [-0.15, -0.1) is 0 Å². The summed E-state index contributed by atoms with van der Waals surface area (Å²) in [6, 6.07) is 15.7. The minimum absolute atomic E-state index is 0.144. The number of nitrogens with zero attached hydrogens (tertiary/aromatic N) is 1. The standard InChI is InChI=1S/C15H18N2O2S/c1-12(13-8-4-3-5-9-13)17(2)20(18,19)15-11-7-6-10-14(15)16/h3-12H,16H2,1-2H3. The lowest BCUT2D eigenvalue weighted by molar-refractivity contribution is 0.398. The molecule has 0 saturated carbocycles. The van der Waals surface area contributed by atoms with Gasteiger partial charge in [-0.25, -0.2) is 8.42 Å². The van der Waals surface area contributed by atoms with E-state index in [-0.39, 0.29) is 16.6 Å². The van der Waals surface area contributed by atoms with Crippen LogP contribution in [0.3, 0.4) is 0 Å². The Morgan fingerprint density at radius 2 is 1.55 bits per heavy atom. The van der Waals surface area contributed by atoms with E-state index in [1.54, 1.807) is 25.2 Å². The number of nitrogens with two attached hydrogens (primary N) is 1. The number of sulfonamides is 1. The van der Waals surface area contributed by atoms with Crippen molar-refractivity contribution >= 4 is 15.7 Å². The summed E-state index contributed by atoms with van der Waals surface area (Å²) in [6.45, 7) is 1.85. The molecule has 5 heteroatoms. The Labute approximate surface area is 119 Å². The first kappa shape index (κ1) is 14.6. The first-order valence-corrected chi connectivity index (χ1v) is 7.76. The molecule has 2 aromatic carbocycles. The second kappa shape index (κ2) is 5.64. The van der Waals surface area contributed by atoms with Gasteiger partial charge in [0.05, 0.1) is 5.69 Å². The molecule has 2 rings (SSSR count). The van der Waals surface area contributed by atoms with Crippen LogP contribution in [0.5, 0.6) is 0 Å². The molecule has 2 N–H and O–H groups in total. The molecule has 0 heterocycles. The van der Waals surface area contributed by atoms with Crippen molar-refractivity contribution in [3.8, 4) is 0 Å². The molecule has 1 unspecified atom stereocenters. The Morgan fingerprint density at radius 3 is 2.15 bits per heavy atom. The molecule has 0 aliphatic rings. The van der Waals surface area contributed by atoms with Crippen LogP contribution >= 0.6 is 0 Å². The summed E-state index contributed by atoms with van der Waals surface area (Å²) in [7, 11) is -2.04. The third-order valence-electron chi connectivity index (χ3n) is 3.40.